The number of fused-ring (bicyclic) bond motifs is 7. The summed E-state index contributed by atoms with van der Waals surface area (Å²) in [5.74, 6) is 0.668. The summed E-state index contributed by atoms with van der Waals surface area (Å²) in [4.78, 5) is 10.3. The van der Waals surface area contributed by atoms with E-state index in [0.717, 1.165) is 83.1 Å². The maximum Gasteiger partial charge on any atom is 0.160 e. The third kappa shape index (κ3) is 4.63. The van der Waals surface area contributed by atoms with Crippen LogP contribution in [0.2, 0.25) is 0 Å². The molecule has 5 nitrogen and oxygen atoms in total. The Morgan fingerprint density at radius 1 is 0.462 bits per heavy atom. The average Bonchev–Trinajstić information content (AvgIpc) is 3.74. The van der Waals surface area contributed by atoms with Crippen LogP contribution in [0.4, 0.5) is 0 Å². The molecule has 10 rings (SSSR count). The number of nitriles is 1. The first-order chi connectivity index (χ1) is 25.8. The van der Waals surface area contributed by atoms with Gasteiger partial charge in [0.05, 0.1) is 50.8 Å². The van der Waals surface area contributed by atoms with Crippen LogP contribution in [0, 0.1) is 11.3 Å². The standard InChI is InChI=1S/C47H29N5/c48-30-31-24-26-43-38(28-31)35-25-27-44-45(37-21-11-13-23-42(37)51(44)34-18-8-3-9-19-34)46(35)52(43)41-22-12-10-20-36(41)40-29-39(32-14-4-1-5-15-32)49-47(50-40)33-16-6-2-7-17-33/h1-29H. The van der Waals surface area contributed by atoms with Gasteiger partial charge in [-0.3, -0.25) is 0 Å². The molecule has 0 saturated carbocycles. The molecule has 0 fully saturated rings. The van der Waals surface area contributed by atoms with Gasteiger partial charge in [-0.25, -0.2) is 9.97 Å². The van der Waals surface area contributed by atoms with Gasteiger partial charge in [0.1, 0.15) is 0 Å². The first-order valence-corrected chi connectivity index (χ1v) is 17.3. The van der Waals surface area contributed by atoms with E-state index in [9.17, 15) is 5.26 Å². The topological polar surface area (TPSA) is 59.4 Å². The van der Waals surface area contributed by atoms with Crippen molar-refractivity contribution < 1.29 is 0 Å². The SMILES string of the molecule is N#Cc1ccc2c(c1)c1ccc3c(c4ccccc4n3-c3ccccc3)c1n2-c1ccccc1-c1cc(-c2ccccc2)nc(-c2ccccc2)n1. The largest absolute Gasteiger partial charge is 0.309 e. The van der Waals surface area contributed by atoms with E-state index in [1.807, 2.05) is 48.5 Å². The molecule has 0 unspecified atom stereocenters. The molecule has 3 heterocycles. The van der Waals surface area contributed by atoms with Crippen LogP contribution in [-0.4, -0.2) is 19.1 Å². The van der Waals surface area contributed by atoms with Gasteiger partial charge in [0.25, 0.3) is 0 Å². The first kappa shape index (κ1) is 29.6. The van der Waals surface area contributed by atoms with E-state index >= 15 is 0 Å². The van der Waals surface area contributed by atoms with Gasteiger partial charge in [-0.1, -0.05) is 121 Å². The van der Waals surface area contributed by atoms with Gasteiger partial charge < -0.3 is 9.13 Å². The van der Waals surface area contributed by atoms with Crippen LogP contribution < -0.4 is 0 Å². The third-order valence-corrected chi connectivity index (χ3v) is 9.95. The van der Waals surface area contributed by atoms with Gasteiger partial charge >= 0.3 is 0 Å². The highest BCUT2D eigenvalue weighted by Crippen LogP contribution is 2.43. The molecule has 0 spiro atoms. The number of nitrogens with zero attached hydrogens (tertiary/aromatic N) is 5. The van der Waals surface area contributed by atoms with Crippen LogP contribution in [0.1, 0.15) is 5.56 Å². The van der Waals surface area contributed by atoms with Crippen molar-refractivity contribution in [2.75, 3.05) is 0 Å². The van der Waals surface area contributed by atoms with Crippen molar-refractivity contribution in [1.29, 1.82) is 5.26 Å². The highest BCUT2D eigenvalue weighted by Gasteiger charge is 2.23. The van der Waals surface area contributed by atoms with Gasteiger partial charge in [-0.05, 0) is 54.6 Å². The minimum absolute atomic E-state index is 0.627. The Hall–Kier alpha value is -7.29. The highest BCUT2D eigenvalue weighted by molar-refractivity contribution is 6.26. The molecule has 0 saturated heterocycles. The molecule has 0 aliphatic carbocycles. The summed E-state index contributed by atoms with van der Waals surface area (Å²) in [6.45, 7) is 0. The van der Waals surface area contributed by atoms with E-state index in [4.69, 9.17) is 9.97 Å². The van der Waals surface area contributed by atoms with Crippen molar-refractivity contribution in [2.24, 2.45) is 0 Å². The van der Waals surface area contributed by atoms with Crippen LogP contribution in [0.15, 0.2) is 176 Å². The van der Waals surface area contributed by atoms with Crippen molar-refractivity contribution in [1.82, 2.24) is 19.1 Å². The summed E-state index contributed by atoms with van der Waals surface area (Å²) in [5.41, 5.74) is 11.7. The second-order valence-corrected chi connectivity index (χ2v) is 12.9. The van der Waals surface area contributed by atoms with Crippen molar-refractivity contribution in [3.8, 4) is 51.3 Å². The van der Waals surface area contributed by atoms with Gasteiger partial charge in [0, 0.05) is 43.9 Å². The van der Waals surface area contributed by atoms with Crippen LogP contribution in [0.5, 0.6) is 0 Å². The fourth-order valence-electron chi connectivity index (χ4n) is 7.68. The van der Waals surface area contributed by atoms with Crippen LogP contribution in [0.25, 0.3) is 88.9 Å². The summed E-state index contributed by atoms with van der Waals surface area (Å²) in [6.07, 6.45) is 0. The lowest BCUT2D eigenvalue weighted by atomic mass is 10.0. The molecule has 7 aromatic carbocycles. The molecule has 0 atom stereocenters. The highest BCUT2D eigenvalue weighted by atomic mass is 15.0. The fourth-order valence-corrected chi connectivity index (χ4v) is 7.68. The van der Waals surface area contributed by atoms with E-state index in [1.54, 1.807) is 0 Å². The third-order valence-electron chi connectivity index (χ3n) is 9.95. The second-order valence-electron chi connectivity index (χ2n) is 12.9. The zero-order chi connectivity index (χ0) is 34.6. The molecule has 0 N–H and O–H groups in total. The van der Waals surface area contributed by atoms with Crippen LogP contribution in [0.3, 0.4) is 0 Å². The first-order valence-electron chi connectivity index (χ1n) is 17.3. The Morgan fingerprint density at radius 3 is 1.88 bits per heavy atom. The van der Waals surface area contributed by atoms with Crippen molar-refractivity contribution in [3.05, 3.63) is 181 Å². The molecule has 3 aromatic heterocycles. The Balaban J connectivity index is 1.33. The maximum absolute atomic E-state index is 9.99. The quantitative estimate of drug-likeness (QED) is 0.184. The predicted molar refractivity (Wildman–Crippen MR) is 212 cm³/mol. The summed E-state index contributed by atoms with van der Waals surface area (Å²) in [5, 5.41) is 14.4. The smallest absolute Gasteiger partial charge is 0.160 e. The molecule has 52 heavy (non-hydrogen) atoms. The summed E-state index contributed by atoms with van der Waals surface area (Å²) < 4.78 is 4.72. The van der Waals surface area contributed by atoms with Crippen molar-refractivity contribution >= 4 is 43.6 Å². The van der Waals surface area contributed by atoms with E-state index in [1.165, 1.54) is 0 Å². The zero-order valence-corrected chi connectivity index (χ0v) is 28.0. The molecule has 0 aliphatic rings. The number of hydrogen-bond acceptors (Lipinski definition) is 3. The Bertz CT molecular complexity index is 2950. The van der Waals surface area contributed by atoms with Gasteiger partial charge in [-0.15, -0.1) is 0 Å². The van der Waals surface area contributed by atoms with Gasteiger partial charge in [-0.2, -0.15) is 5.26 Å². The number of benzene rings is 7. The summed E-state index contributed by atoms with van der Waals surface area (Å²) in [7, 11) is 0. The lowest BCUT2D eigenvalue weighted by Gasteiger charge is -2.16. The number of para-hydroxylation sites is 3. The van der Waals surface area contributed by atoms with E-state index in [-0.39, 0.29) is 0 Å². The number of hydrogen-bond donors (Lipinski definition) is 0. The molecule has 10 aromatic rings. The van der Waals surface area contributed by atoms with Crippen molar-refractivity contribution in [2.45, 2.75) is 0 Å². The van der Waals surface area contributed by atoms with Gasteiger partial charge in [0.2, 0.25) is 0 Å². The Kier molecular flexibility index (Phi) is 6.80. The predicted octanol–water partition coefficient (Wildman–Crippen LogP) is 11.5. The Morgan fingerprint density at radius 2 is 1.10 bits per heavy atom. The molecule has 0 aliphatic heterocycles. The molecular weight excluding hydrogens is 635 g/mol. The normalized spacial score (nSPS) is 11.4. The van der Waals surface area contributed by atoms with E-state index in [0.29, 0.717) is 11.4 Å². The lowest BCUT2D eigenvalue weighted by Crippen LogP contribution is -2.01. The molecule has 242 valence electrons. The van der Waals surface area contributed by atoms with E-state index in [2.05, 4.69) is 143 Å². The zero-order valence-electron chi connectivity index (χ0n) is 28.0. The van der Waals surface area contributed by atoms with Crippen molar-refractivity contribution in [3.63, 3.8) is 0 Å². The van der Waals surface area contributed by atoms with Crippen LogP contribution >= 0.6 is 0 Å². The van der Waals surface area contributed by atoms with Gasteiger partial charge in [0.15, 0.2) is 5.82 Å². The fraction of sp³-hybridized carbons (Fsp3) is 0. The molecule has 0 amide bonds. The number of aromatic nitrogens is 4. The lowest BCUT2D eigenvalue weighted by molar-refractivity contribution is 1.15. The maximum atomic E-state index is 9.99. The second kappa shape index (κ2) is 11.9. The monoisotopic (exact) mass is 663 g/mol. The summed E-state index contributed by atoms with van der Waals surface area (Å²) >= 11 is 0. The number of rotatable bonds is 5. The molecular formula is C47H29N5. The van der Waals surface area contributed by atoms with Crippen LogP contribution in [-0.2, 0) is 0 Å². The minimum atomic E-state index is 0.627. The Labute approximate surface area is 299 Å². The summed E-state index contributed by atoms with van der Waals surface area (Å²) in [6, 6.07) is 63.0. The van der Waals surface area contributed by atoms with E-state index < -0.39 is 0 Å². The molecule has 0 bridgehead atoms. The molecule has 5 heteroatoms. The average molecular weight is 664 g/mol. The minimum Gasteiger partial charge on any atom is -0.309 e. The molecule has 0 radical (unpaired) electrons.